The van der Waals surface area contributed by atoms with E-state index in [1.54, 1.807) is 0 Å². The van der Waals surface area contributed by atoms with Gasteiger partial charge in [0.15, 0.2) is 0 Å². The average molecular weight is 256 g/mol. The molecule has 18 heavy (non-hydrogen) atoms. The molecule has 1 aliphatic heterocycles. The van der Waals surface area contributed by atoms with E-state index in [-0.39, 0.29) is 23.9 Å². The number of hydrogen-bond acceptors (Lipinski definition) is 3. The lowest BCUT2D eigenvalue weighted by molar-refractivity contribution is -0.118. The Morgan fingerprint density at radius 1 is 1.44 bits per heavy atom. The predicted octanol–water partition coefficient (Wildman–Crippen LogP) is 0.180. The van der Waals surface area contributed by atoms with Gasteiger partial charge in [-0.15, -0.1) is 0 Å². The monoisotopic (exact) mass is 256 g/mol. The Labute approximate surface area is 108 Å². The topological polar surface area (TPSA) is 93.4 Å². The molecule has 1 aliphatic rings. The van der Waals surface area contributed by atoms with E-state index in [9.17, 15) is 9.59 Å². The van der Waals surface area contributed by atoms with Crippen molar-refractivity contribution < 1.29 is 14.3 Å². The molecule has 6 heteroatoms. The molecule has 0 aromatic carbocycles. The maximum atomic E-state index is 11.5. The standard InChI is InChI=1S/C12H22N3O3/c1-9(8-11(13)16)2-5-14-12(17)15-10-3-6-18-7-4-10/h2,9-10H,3-8H2,1H3,(H2,13,16)(H2,14,15,17)/t9-/m0/s1. The first-order chi connectivity index (χ1) is 8.58. The summed E-state index contributed by atoms with van der Waals surface area (Å²) in [6, 6.07) is 0.0196. The van der Waals surface area contributed by atoms with Crippen molar-refractivity contribution in [2.45, 2.75) is 32.2 Å². The number of carbonyl (C=O) groups is 2. The largest absolute Gasteiger partial charge is 0.381 e. The molecule has 1 rings (SSSR count). The number of nitrogens with one attached hydrogen (secondary N) is 2. The molecule has 0 spiro atoms. The first kappa shape index (κ1) is 14.8. The fourth-order valence-corrected chi connectivity index (χ4v) is 1.83. The van der Waals surface area contributed by atoms with E-state index >= 15 is 0 Å². The van der Waals surface area contributed by atoms with Gasteiger partial charge in [-0.25, -0.2) is 4.79 Å². The lowest BCUT2D eigenvalue weighted by atomic mass is 10.0. The Kier molecular flexibility index (Phi) is 6.49. The molecule has 0 unspecified atom stereocenters. The van der Waals surface area contributed by atoms with Crippen molar-refractivity contribution in [1.29, 1.82) is 0 Å². The highest BCUT2D eigenvalue weighted by atomic mass is 16.5. The molecule has 1 fully saturated rings. The maximum Gasteiger partial charge on any atom is 0.315 e. The summed E-state index contributed by atoms with van der Waals surface area (Å²) in [4.78, 5) is 22.2. The van der Waals surface area contributed by atoms with Crippen LogP contribution in [0.5, 0.6) is 0 Å². The number of carbonyl (C=O) groups excluding carboxylic acids is 2. The predicted molar refractivity (Wildman–Crippen MR) is 67.7 cm³/mol. The second-order valence-electron chi connectivity index (χ2n) is 4.62. The van der Waals surface area contributed by atoms with Crippen molar-refractivity contribution in [3.8, 4) is 0 Å². The molecule has 1 radical (unpaired) electrons. The number of urea groups is 1. The van der Waals surface area contributed by atoms with Gasteiger partial charge in [-0.05, 0) is 25.2 Å². The molecular weight excluding hydrogens is 234 g/mol. The average Bonchev–Trinajstić information content (AvgIpc) is 2.29. The Hall–Kier alpha value is -1.30. The second kappa shape index (κ2) is 7.92. The van der Waals surface area contributed by atoms with Crippen LogP contribution < -0.4 is 16.4 Å². The van der Waals surface area contributed by atoms with Crippen LogP contribution in [0.1, 0.15) is 26.2 Å². The minimum Gasteiger partial charge on any atom is -0.381 e. The van der Waals surface area contributed by atoms with E-state index in [0.29, 0.717) is 26.2 Å². The van der Waals surface area contributed by atoms with Crippen LogP contribution in [0.15, 0.2) is 0 Å². The molecule has 1 atom stereocenters. The summed E-state index contributed by atoms with van der Waals surface area (Å²) in [5.74, 6) is -0.253. The summed E-state index contributed by atoms with van der Waals surface area (Å²) in [6.45, 7) is 3.73. The Morgan fingerprint density at radius 3 is 2.72 bits per heavy atom. The highest BCUT2D eigenvalue weighted by Crippen LogP contribution is 2.06. The molecule has 6 nitrogen and oxygen atoms in total. The summed E-state index contributed by atoms with van der Waals surface area (Å²) in [5, 5.41) is 5.63. The van der Waals surface area contributed by atoms with Gasteiger partial charge < -0.3 is 21.1 Å². The Morgan fingerprint density at radius 2 is 2.11 bits per heavy atom. The maximum absolute atomic E-state index is 11.5. The number of primary amides is 1. The fourth-order valence-electron chi connectivity index (χ4n) is 1.83. The summed E-state index contributed by atoms with van der Waals surface area (Å²) >= 11 is 0. The normalized spacial score (nSPS) is 18.1. The second-order valence-corrected chi connectivity index (χ2v) is 4.62. The van der Waals surface area contributed by atoms with Crippen molar-refractivity contribution in [3.05, 3.63) is 6.42 Å². The van der Waals surface area contributed by atoms with E-state index in [2.05, 4.69) is 10.6 Å². The summed E-state index contributed by atoms with van der Waals surface area (Å²) in [6.07, 6.45) is 3.89. The van der Waals surface area contributed by atoms with E-state index < -0.39 is 0 Å². The lowest BCUT2D eigenvalue weighted by Crippen LogP contribution is -2.45. The smallest absolute Gasteiger partial charge is 0.315 e. The minimum absolute atomic E-state index is 0.0749. The summed E-state index contributed by atoms with van der Waals surface area (Å²) in [7, 11) is 0. The zero-order valence-electron chi connectivity index (χ0n) is 10.8. The van der Waals surface area contributed by atoms with Crippen molar-refractivity contribution in [1.82, 2.24) is 10.6 Å². The molecule has 3 amide bonds. The number of nitrogens with two attached hydrogens (primary N) is 1. The van der Waals surface area contributed by atoms with Crippen LogP contribution in [0.2, 0.25) is 0 Å². The first-order valence-corrected chi connectivity index (χ1v) is 6.31. The van der Waals surface area contributed by atoms with Crippen molar-refractivity contribution in [2.24, 2.45) is 11.7 Å². The third kappa shape index (κ3) is 6.44. The molecule has 1 heterocycles. The zero-order chi connectivity index (χ0) is 13.4. The number of amides is 3. The Balaban J connectivity index is 2.07. The molecule has 0 aliphatic carbocycles. The highest BCUT2D eigenvalue weighted by Gasteiger charge is 2.15. The fraction of sp³-hybridized carbons (Fsp3) is 0.750. The number of ether oxygens (including phenoxy) is 1. The Bertz CT molecular complexity index is 278. The van der Waals surface area contributed by atoms with E-state index in [0.717, 1.165) is 12.8 Å². The number of rotatable bonds is 6. The van der Waals surface area contributed by atoms with Crippen LogP contribution >= 0.6 is 0 Å². The minimum atomic E-state index is -0.328. The van der Waals surface area contributed by atoms with Crippen LogP contribution in [-0.2, 0) is 9.53 Å². The van der Waals surface area contributed by atoms with Gasteiger partial charge in [0, 0.05) is 32.2 Å². The summed E-state index contributed by atoms with van der Waals surface area (Å²) in [5.41, 5.74) is 5.08. The SMILES string of the molecule is C[C@@H]([CH]CNC(=O)NC1CCOCC1)CC(N)=O. The zero-order valence-corrected chi connectivity index (χ0v) is 10.8. The van der Waals surface area contributed by atoms with Crippen LogP contribution in [-0.4, -0.2) is 37.7 Å². The molecule has 103 valence electrons. The van der Waals surface area contributed by atoms with Crippen molar-refractivity contribution in [2.75, 3.05) is 19.8 Å². The van der Waals surface area contributed by atoms with Gasteiger partial charge in [-0.1, -0.05) is 6.92 Å². The van der Waals surface area contributed by atoms with Gasteiger partial charge in [0.05, 0.1) is 0 Å². The highest BCUT2D eigenvalue weighted by molar-refractivity contribution is 5.75. The van der Waals surface area contributed by atoms with Crippen LogP contribution in [0.3, 0.4) is 0 Å². The first-order valence-electron chi connectivity index (χ1n) is 6.31. The van der Waals surface area contributed by atoms with Gasteiger partial charge in [0.25, 0.3) is 0 Å². The molecule has 4 N–H and O–H groups in total. The quantitative estimate of drug-likeness (QED) is 0.633. The van der Waals surface area contributed by atoms with E-state index in [1.807, 2.05) is 13.3 Å². The number of hydrogen-bond donors (Lipinski definition) is 3. The third-order valence-electron chi connectivity index (χ3n) is 2.86. The van der Waals surface area contributed by atoms with Crippen LogP contribution in [0, 0.1) is 12.3 Å². The molecule has 0 saturated carbocycles. The molecule has 0 aromatic heterocycles. The molecular formula is C12H22N3O3. The molecule has 1 saturated heterocycles. The molecule has 0 aromatic rings. The van der Waals surface area contributed by atoms with Crippen LogP contribution in [0.25, 0.3) is 0 Å². The van der Waals surface area contributed by atoms with E-state index in [4.69, 9.17) is 10.5 Å². The van der Waals surface area contributed by atoms with Gasteiger partial charge in [-0.2, -0.15) is 0 Å². The lowest BCUT2D eigenvalue weighted by Gasteiger charge is -2.23. The van der Waals surface area contributed by atoms with Gasteiger partial charge >= 0.3 is 6.03 Å². The van der Waals surface area contributed by atoms with Gasteiger partial charge in [-0.3, -0.25) is 4.79 Å². The van der Waals surface area contributed by atoms with Gasteiger partial charge in [0.1, 0.15) is 0 Å². The molecule has 0 bridgehead atoms. The van der Waals surface area contributed by atoms with Crippen molar-refractivity contribution >= 4 is 11.9 Å². The van der Waals surface area contributed by atoms with Gasteiger partial charge in [0.2, 0.25) is 5.91 Å². The van der Waals surface area contributed by atoms with E-state index in [1.165, 1.54) is 0 Å². The van der Waals surface area contributed by atoms with Crippen LogP contribution in [0.4, 0.5) is 4.79 Å². The summed E-state index contributed by atoms with van der Waals surface area (Å²) < 4.78 is 5.21. The third-order valence-corrected chi connectivity index (χ3v) is 2.86. The van der Waals surface area contributed by atoms with Crippen molar-refractivity contribution in [3.63, 3.8) is 0 Å².